The molecule has 2 aromatic carbocycles. The van der Waals surface area contributed by atoms with E-state index in [9.17, 15) is 4.79 Å². The SMILES string of the molecule is Cn1nc2c(cc1=O)OCCCCc1cc(Cl)ccc1Oc1ccc(N)cc1-2. The number of hydrogen-bond acceptors (Lipinski definition) is 5. The van der Waals surface area contributed by atoms with E-state index >= 15 is 0 Å². The molecule has 0 unspecified atom stereocenters. The van der Waals surface area contributed by atoms with Crippen molar-refractivity contribution in [3.63, 3.8) is 0 Å². The third-order valence-electron chi connectivity index (χ3n) is 4.66. The summed E-state index contributed by atoms with van der Waals surface area (Å²) < 4.78 is 13.4. The van der Waals surface area contributed by atoms with E-state index in [0.29, 0.717) is 40.1 Å². The molecule has 0 atom stereocenters. The molecule has 1 aromatic heterocycles. The van der Waals surface area contributed by atoms with Gasteiger partial charge in [0, 0.05) is 23.8 Å². The molecule has 0 bridgehead atoms. The molecular formula is C21H20ClN3O3. The number of nitrogen functional groups attached to an aromatic ring is 1. The summed E-state index contributed by atoms with van der Waals surface area (Å²) in [4.78, 5) is 12.1. The van der Waals surface area contributed by atoms with Crippen LogP contribution in [0.4, 0.5) is 5.69 Å². The zero-order valence-corrected chi connectivity index (χ0v) is 16.2. The molecule has 6 nitrogen and oxygen atoms in total. The molecule has 144 valence electrons. The molecule has 2 N–H and O–H groups in total. The monoisotopic (exact) mass is 397 g/mol. The van der Waals surface area contributed by atoms with E-state index in [2.05, 4.69) is 5.10 Å². The molecule has 0 spiro atoms. The minimum Gasteiger partial charge on any atom is -0.491 e. The van der Waals surface area contributed by atoms with Gasteiger partial charge in [0.05, 0.1) is 12.2 Å². The maximum Gasteiger partial charge on any atom is 0.270 e. The largest absolute Gasteiger partial charge is 0.491 e. The van der Waals surface area contributed by atoms with Gasteiger partial charge in [-0.05, 0) is 61.2 Å². The van der Waals surface area contributed by atoms with Crippen LogP contribution in [0, 0.1) is 0 Å². The van der Waals surface area contributed by atoms with Crippen LogP contribution < -0.4 is 20.8 Å². The topological polar surface area (TPSA) is 79.4 Å². The van der Waals surface area contributed by atoms with Crippen LogP contribution in [-0.2, 0) is 13.5 Å². The summed E-state index contributed by atoms with van der Waals surface area (Å²) >= 11 is 6.18. The van der Waals surface area contributed by atoms with E-state index < -0.39 is 0 Å². The Labute approximate surface area is 167 Å². The smallest absolute Gasteiger partial charge is 0.270 e. The number of anilines is 1. The highest BCUT2D eigenvalue weighted by Crippen LogP contribution is 2.39. The molecule has 1 aliphatic rings. The van der Waals surface area contributed by atoms with Crippen molar-refractivity contribution in [1.82, 2.24) is 9.78 Å². The Morgan fingerprint density at radius 2 is 1.89 bits per heavy atom. The van der Waals surface area contributed by atoms with Crippen molar-refractivity contribution in [2.45, 2.75) is 19.3 Å². The highest BCUT2D eigenvalue weighted by atomic mass is 35.5. The second kappa shape index (κ2) is 7.56. The first kappa shape index (κ1) is 18.4. The first-order valence-corrected chi connectivity index (χ1v) is 9.46. The fourth-order valence-corrected chi connectivity index (χ4v) is 3.40. The lowest BCUT2D eigenvalue weighted by Crippen LogP contribution is -2.20. The predicted molar refractivity (Wildman–Crippen MR) is 109 cm³/mol. The Hall–Kier alpha value is -2.99. The molecule has 3 aromatic rings. The van der Waals surface area contributed by atoms with Crippen molar-refractivity contribution in [3.8, 4) is 28.5 Å². The number of fused-ring (bicyclic) bond motifs is 4. The number of benzene rings is 2. The Morgan fingerprint density at radius 1 is 1.07 bits per heavy atom. The van der Waals surface area contributed by atoms with E-state index in [-0.39, 0.29) is 5.56 Å². The molecular weight excluding hydrogens is 378 g/mol. The number of aromatic nitrogens is 2. The van der Waals surface area contributed by atoms with Gasteiger partial charge < -0.3 is 15.2 Å². The first-order valence-electron chi connectivity index (χ1n) is 9.08. The van der Waals surface area contributed by atoms with Crippen LogP contribution in [0.15, 0.2) is 47.3 Å². The number of nitrogens with two attached hydrogens (primary N) is 1. The van der Waals surface area contributed by atoms with Gasteiger partial charge in [-0.3, -0.25) is 4.79 Å². The van der Waals surface area contributed by atoms with Gasteiger partial charge >= 0.3 is 0 Å². The molecule has 2 heterocycles. The molecule has 28 heavy (non-hydrogen) atoms. The van der Waals surface area contributed by atoms with Crippen LogP contribution in [0.1, 0.15) is 18.4 Å². The molecule has 0 radical (unpaired) electrons. The van der Waals surface area contributed by atoms with E-state index in [1.54, 1.807) is 25.2 Å². The van der Waals surface area contributed by atoms with Gasteiger partial charge in [-0.2, -0.15) is 5.10 Å². The second-order valence-corrected chi connectivity index (χ2v) is 7.17. The van der Waals surface area contributed by atoms with Gasteiger partial charge in [0.15, 0.2) is 5.75 Å². The quantitative estimate of drug-likeness (QED) is 0.575. The maximum atomic E-state index is 12.1. The predicted octanol–water partition coefficient (Wildman–Crippen LogP) is 4.19. The lowest BCUT2D eigenvalue weighted by Gasteiger charge is -2.18. The Bertz CT molecular complexity index is 1090. The van der Waals surface area contributed by atoms with Crippen molar-refractivity contribution >= 4 is 17.3 Å². The minimum absolute atomic E-state index is 0.239. The number of halogens is 1. The zero-order valence-electron chi connectivity index (χ0n) is 15.4. The van der Waals surface area contributed by atoms with Gasteiger partial charge in [-0.15, -0.1) is 0 Å². The molecule has 0 fully saturated rings. The van der Waals surface area contributed by atoms with Crippen LogP contribution >= 0.6 is 11.6 Å². The fourth-order valence-electron chi connectivity index (χ4n) is 3.20. The van der Waals surface area contributed by atoms with Gasteiger partial charge in [-0.1, -0.05) is 11.6 Å². The number of ether oxygens (including phenoxy) is 2. The highest BCUT2D eigenvalue weighted by molar-refractivity contribution is 6.30. The zero-order chi connectivity index (χ0) is 19.7. The molecule has 0 saturated heterocycles. The fraction of sp³-hybridized carbons (Fsp3) is 0.238. The average Bonchev–Trinajstić information content (AvgIpc) is 2.66. The lowest BCUT2D eigenvalue weighted by molar-refractivity contribution is 0.304. The standard InChI is InChI=1S/C21H20ClN3O3/c1-25-20(26)12-19-21(24-25)16-11-15(23)6-8-18(16)28-17-7-5-14(22)10-13(17)4-2-3-9-27-19/h5-8,10-12H,2-4,9,23H2,1H3. The van der Waals surface area contributed by atoms with Crippen LogP contribution in [0.2, 0.25) is 5.02 Å². The number of rotatable bonds is 0. The summed E-state index contributed by atoms with van der Waals surface area (Å²) in [6, 6.07) is 12.4. The van der Waals surface area contributed by atoms with Crippen LogP contribution in [0.3, 0.4) is 0 Å². The first-order chi connectivity index (χ1) is 13.5. The van der Waals surface area contributed by atoms with Gasteiger partial charge in [-0.25, -0.2) is 4.68 Å². The number of hydrogen-bond donors (Lipinski definition) is 1. The Balaban J connectivity index is 1.92. The molecule has 0 amide bonds. The molecule has 0 saturated carbocycles. The third-order valence-corrected chi connectivity index (χ3v) is 4.89. The van der Waals surface area contributed by atoms with Crippen molar-refractivity contribution in [1.29, 1.82) is 0 Å². The highest BCUT2D eigenvalue weighted by Gasteiger charge is 2.19. The summed E-state index contributed by atoms with van der Waals surface area (Å²) in [6.45, 7) is 0.482. The van der Waals surface area contributed by atoms with Crippen molar-refractivity contribution < 1.29 is 9.47 Å². The van der Waals surface area contributed by atoms with Gasteiger partial charge in [0.2, 0.25) is 0 Å². The van der Waals surface area contributed by atoms with E-state index in [1.807, 2.05) is 18.2 Å². The molecule has 0 aliphatic carbocycles. The summed E-state index contributed by atoms with van der Waals surface area (Å²) in [6.07, 6.45) is 2.54. The van der Waals surface area contributed by atoms with E-state index in [0.717, 1.165) is 30.6 Å². The van der Waals surface area contributed by atoms with Crippen molar-refractivity contribution in [3.05, 3.63) is 63.4 Å². The summed E-state index contributed by atoms with van der Waals surface area (Å²) in [5.74, 6) is 1.74. The summed E-state index contributed by atoms with van der Waals surface area (Å²) in [5, 5.41) is 5.09. The molecule has 7 heteroatoms. The number of nitrogens with zero attached hydrogens (tertiary/aromatic N) is 2. The molecule has 4 rings (SSSR count). The van der Waals surface area contributed by atoms with Crippen LogP contribution in [0.5, 0.6) is 17.2 Å². The maximum absolute atomic E-state index is 12.1. The Morgan fingerprint density at radius 3 is 2.75 bits per heavy atom. The summed E-state index contributed by atoms with van der Waals surface area (Å²) in [5.41, 5.74) is 8.56. The Kier molecular flexibility index (Phi) is 4.96. The van der Waals surface area contributed by atoms with Crippen LogP contribution in [-0.4, -0.2) is 16.4 Å². The van der Waals surface area contributed by atoms with E-state index in [4.69, 9.17) is 26.8 Å². The minimum atomic E-state index is -0.239. The van der Waals surface area contributed by atoms with Crippen molar-refractivity contribution in [2.75, 3.05) is 12.3 Å². The second-order valence-electron chi connectivity index (χ2n) is 6.73. The molecule has 1 aliphatic heterocycles. The lowest BCUT2D eigenvalue weighted by atomic mass is 10.1. The third kappa shape index (κ3) is 3.68. The van der Waals surface area contributed by atoms with Gasteiger partial charge in [0.25, 0.3) is 5.56 Å². The van der Waals surface area contributed by atoms with Gasteiger partial charge in [0.1, 0.15) is 17.2 Å². The number of aryl methyl sites for hydroxylation is 2. The normalized spacial score (nSPS) is 13.6. The average molecular weight is 398 g/mol. The summed E-state index contributed by atoms with van der Waals surface area (Å²) in [7, 11) is 1.60. The van der Waals surface area contributed by atoms with Crippen LogP contribution in [0.25, 0.3) is 11.3 Å². The van der Waals surface area contributed by atoms with E-state index in [1.165, 1.54) is 10.7 Å². The van der Waals surface area contributed by atoms with Crippen molar-refractivity contribution in [2.24, 2.45) is 7.05 Å².